The number of rotatable bonds is 9. The Hall–Kier alpha value is -3.14. The van der Waals surface area contributed by atoms with Gasteiger partial charge in [-0.25, -0.2) is 17.8 Å². The predicted molar refractivity (Wildman–Crippen MR) is 120 cm³/mol. The van der Waals surface area contributed by atoms with Crippen LogP contribution in [0.2, 0.25) is 0 Å². The van der Waals surface area contributed by atoms with Crippen molar-refractivity contribution in [3.05, 3.63) is 77.2 Å². The summed E-state index contributed by atoms with van der Waals surface area (Å²) in [6, 6.07) is 11.5. The molecule has 0 atom stereocenters. The van der Waals surface area contributed by atoms with E-state index in [1.807, 2.05) is 13.0 Å². The van der Waals surface area contributed by atoms with Crippen molar-refractivity contribution in [2.75, 3.05) is 18.6 Å². The fraction of sp³-hybridized carbons (Fsp3) is 0.292. The van der Waals surface area contributed by atoms with Gasteiger partial charge in [0.2, 0.25) is 5.88 Å². The first-order chi connectivity index (χ1) is 15.9. The highest BCUT2D eigenvalue weighted by molar-refractivity contribution is 7.90. The van der Waals surface area contributed by atoms with Crippen LogP contribution in [-0.2, 0) is 22.6 Å². The summed E-state index contributed by atoms with van der Waals surface area (Å²) in [5, 5.41) is 0. The average molecular weight is 498 g/mol. The zero-order valence-corrected chi connectivity index (χ0v) is 19.3. The molecule has 3 rings (SSSR count). The third-order valence-electron chi connectivity index (χ3n) is 4.83. The quantitative estimate of drug-likeness (QED) is 0.284. The van der Waals surface area contributed by atoms with E-state index in [1.165, 1.54) is 12.1 Å². The summed E-state index contributed by atoms with van der Waals surface area (Å²) in [5.41, 5.74) is -0.0854. The van der Waals surface area contributed by atoms with Crippen molar-refractivity contribution in [2.24, 2.45) is 0 Å². The summed E-state index contributed by atoms with van der Waals surface area (Å²) in [6.07, 6.45) is -2.54. The van der Waals surface area contributed by atoms with Crippen LogP contribution >= 0.6 is 0 Å². The fourth-order valence-electron chi connectivity index (χ4n) is 3.20. The van der Waals surface area contributed by atoms with Crippen LogP contribution in [0.3, 0.4) is 0 Å². The van der Waals surface area contributed by atoms with Gasteiger partial charge in [0, 0.05) is 29.6 Å². The van der Waals surface area contributed by atoms with Gasteiger partial charge >= 0.3 is 6.18 Å². The van der Waals surface area contributed by atoms with E-state index in [1.54, 1.807) is 18.2 Å². The first-order valence-electron chi connectivity index (χ1n) is 10.3. The van der Waals surface area contributed by atoms with Crippen LogP contribution in [-0.4, -0.2) is 32.0 Å². The minimum atomic E-state index is -4.73. The van der Waals surface area contributed by atoms with Crippen molar-refractivity contribution in [3.63, 3.8) is 0 Å². The molecule has 0 radical (unpaired) electrons. The van der Waals surface area contributed by atoms with Crippen molar-refractivity contribution in [1.82, 2.24) is 4.98 Å². The minimum absolute atomic E-state index is 0.0910. The molecule has 34 heavy (non-hydrogen) atoms. The molecule has 0 aliphatic heterocycles. The summed E-state index contributed by atoms with van der Waals surface area (Å²) < 4.78 is 88.8. The number of aromatic nitrogens is 1. The van der Waals surface area contributed by atoms with Gasteiger partial charge in [-0.2, -0.15) is 13.2 Å². The molecule has 3 aromatic rings. The molecule has 1 heterocycles. The lowest BCUT2D eigenvalue weighted by molar-refractivity contribution is -0.137. The van der Waals surface area contributed by atoms with Crippen molar-refractivity contribution < 1.29 is 35.5 Å². The molecule has 5 nitrogen and oxygen atoms in total. The van der Waals surface area contributed by atoms with Crippen LogP contribution in [0.4, 0.5) is 17.6 Å². The Morgan fingerprint density at radius 3 is 2.47 bits per heavy atom. The van der Waals surface area contributed by atoms with Crippen molar-refractivity contribution in [2.45, 2.75) is 26.1 Å². The zero-order valence-electron chi connectivity index (χ0n) is 18.5. The molecule has 0 fully saturated rings. The Morgan fingerprint density at radius 1 is 1.03 bits per heavy atom. The third-order valence-corrected chi connectivity index (χ3v) is 5.86. The minimum Gasteiger partial charge on any atom is -0.489 e. The Bertz CT molecular complexity index is 1260. The number of benzene rings is 2. The smallest absolute Gasteiger partial charge is 0.417 e. The molecule has 0 amide bonds. The number of halogens is 4. The van der Waals surface area contributed by atoms with E-state index < -0.39 is 27.4 Å². The third kappa shape index (κ3) is 7.18. The monoisotopic (exact) mass is 497 g/mol. The predicted octanol–water partition coefficient (Wildman–Crippen LogP) is 5.61. The molecule has 0 saturated heterocycles. The number of sulfone groups is 1. The Morgan fingerprint density at radius 2 is 1.79 bits per heavy atom. The molecule has 0 N–H and O–H groups in total. The van der Waals surface area contributed by atoms with Crippen LogP contribution in [0, 0.1) is 12.7 Å². The average Bonchev–Trinajstić information content (AvgIpc) is 2.75. The van der Waals surface area contributed by atoms with E-state index in [-0.39, 0.29) is 48.0 Å². The highest BCUT2D eigenvalue weighted by atomic mass is 32.2. The standard InChI is InChI=1S/C24H23F4NO4S/c1-16-5-3-6-19(11-16)33-15-18-12-17(7-8-22(18)25)20-14-29-23(13-21(20)24(26,27)28)32-9-4-10-34(2,30)31/h3,5-8,11-14H,4,9-10,15H2,1-2H3. The Kier molecular flexibility index (Phi) is 7.81. The molecule has 0 aliphatic rings. The fourth-order valence-corrected chi connectivity index (χ4v) is 3.84. The zero-order chi connectivity index (χ0) is 24.9. The molecular formula is C24H23F4NO4S. The Balaban J connectivity index is 1.84. The van der Waals surface area contributed by atoms with Gasteiger partial charge in [-0.1, -0.05) is 18.2 Å². The van der Waals surface area contributed by atoms with Gasteiger partial charge in [0.15, 0.2) is 0 Å². The second kappa shape index (κ2) is 10.4. The molecule has 182 valence electrons. The first-order valence-corrected chi connectivity index (χ1v) is 12.3. The van der Waals surface area contributed by atoms with Gasteiger partial charge in [-0.3, -0.25) is 0 Å². The maximum Gasteiger partial charge on any atom is 0.417 e. The first kappa shape index (κ1) is 25.5. The molecule has 0 spiro atoms. The van der Waals surface area contributed by atoms with Gasteiger partial charge in [0.1, 0.15) is 28.0 Å². The lowest BCUT2D eigenvalue weighted by Gasteiger charge is -2.16. The number of alkyl halides is 3. The van der Waals surface area contributed by atoms with E-state index in [2.05, 4.69) is 4.98 Å². The van der Waals surface area contributed by atoms with Crippen molar-refractivity contribution in [3.8, 4) is 22.8 Å². The highest BCUT2D eigenvalue weighted by Gasteiger charge is 2.35. The number of nitrogens with zero attached hydrogens (tertiary/aromatic N) is 1. The van der Waals surface area contributed by atoms with Gasteiger partial charge in [-0.15, -0.1) is 0 Å². The summed E-state index contributed by atoms with van der Waals surface area (Å²) in [6.45, 7) is 1.60. The van der Waals surface area contributed by atoms with Crippen LogP contribution in [0.1, 0.15) is 23.1 Å². The number of pyridine rings is 1. The lowest BCUT2D eigenvalue weighted by Crippen LogP contribution is -2.11. The molecule has 1 aromatic heterocycles. The van der Waals surface area contributed by atoms with Gasteiger partial charge in [-0.05, 0) is 48.7 Å². The molecule has 10 heteroatoms. The van der Waals surface area contributed by atoms with E-state index in [4.69, 9.17) is 9.47 Å². The van der Waals surface area contributed by atoms with Crippen molar-refractivity contribution >= 4 is 9.84 Å². The summed E-state index contributed by atoms with van der Waals surface area (Å²) in [7, 11) is -3.21. The molecule has 0 unspecified atom stereocenters. The van der Waals surface area contributed by atoms with E-state index >= 15 is 0 Å². The number of hydrogen-bond donors (Lipinski definition) is 0. The van der Waals surface area contributed by atoms with Gasteiger partial charge < -0.3 is 9.47 Å². The maximum absolute atomic E-state index is 14.3. The van der Waals surface area contributed by atoms with E-state index in [0.717, 1.165) is 30.1 Å². The van der Waals surface area contributed by atoms with Gasteiger partial charge in [0.05, 0.1) is 17.9 Å². The van der Waals surface area contributed by atoms with Crippen molar-refractivity contribution in [1.29, 1.82) is 0 Å². The SMILES string of the molecule is Cc1cccc(OCc2cc(-c3cnc(OCCCS(C)(=O)=O)cc3C(F)(F)F)ccc2F)c1. The Labute approximate surface area is 195 Å². The molecule has 0 saturated carbocycles. The summed E-state index contributed by atoms with van der Waals surface area (Å²) >= 11 is 0. The number of ether oxygens (including phenoxy) is 2. The molecule has 0 aliphatic carbocycles. The number of hydrogen-bond acceptors (Lipinski definition) is 5. The second-order valence-corrected chi connectivity index (χ2v) is 10.1. The summed E-state index contributed by atoms with van der Waals surface area (Å²) in [5.74, 6) is -0.529. The largest absolute Gasteiger partial charge is 0.489 e. The van der Waals surface area contributed by atoms with Crippen LogP contribution in [0.5, 0.6) is 11.6 Å². The number of aryl methyl sites for hydroxylation is 1. The van der Waals surface area contributed by atoms with Gasteiger partial charge in [0.25, 0.3) is 0 Å². The molecular weight excluding hydrogens is 474 g/mol. The molecule has 0 bridgehead atoms. The van der Waals surface area contributed by atoms with Crippen LogP contribution in [0.15, 0.2) is 54.7 Å². The van der Waals surface area contributed by atoms with Crippen LogP contribution in [0.25, 0.3) is 11.1 Å². The van der Waals surface area contributed by atoms with Crippen LogP contribution < -0.4 is 9.47 Å². The maximum atomic E-state index is 14.3. The topological polar surface area (TPSA) is 65.5 Å². The van der Waals surface area contributed by atoms with E-state index in [9.17, 15) is 26.0 Å². The lowest BCUT2D eigenvalue weighted by atomic mass is 9.99. The summed E-state index contributed by atoms with van der Waals surface area (Å²) in [4.78, 5) is 3.92. The normalized spacial score (nSPS) is 11.9. The second-order valence-electron chi connectivity index (χ2n) is 7.81. The highest BCUT2D eigenvalue weighted by Crippen LogP contribution is 2.38. The van der Waals surface area contributed by atoms with E-state index in [0.29, 0.717) is 5.75 Å². The molecule has 2 aromatic carbocycles.